The fourth-order valence-corrected chi connectivity index (χ4v) is 5.18. The standard InChI is InChI=1S/C35H41F3O7/c1-23(2)19-29-21-27(32(40)44-29)17-18-30(25(4)13-9-11-24(3)12-10-14-26-20-31(39)43-22-26)45-33(41)34(42-5,35(36,37)38)28-15-7-6-8-16-28/h6-8,12-13,15-17,19-20,29-30H,9-11,14,18,21-22H2,1-5H3/b24-12+,25-13+,27-17-/t29?,30-,34+/m1/s1. The normalized spacial score (nSPS) is 20.3. The third-order valence-electron chi connectivity index (χ3n) is 7.65. The Kier molecular flexibility index (Phi) is 12.6. The summed E-state index contributed by atoms with van der Waals surface area (Å²) in [6, 6.07) is 6.64. The van der Waals surface area contributed by atoms with Crippen LogP contribution in [0.15, 0.2) is 88.6 Å². The van der Waals surface area contributed by atoms with E-state index in [9.17, 15) is 27.6 Å². The molecule has 2 aliphatic heterocycles. The van der Waals surface area contributed by atoms with Gasteiger partial charge in [0, 0.05) is 37.2 Å². The van der Waals surface area contributed by atoms with Gasteiger partial charge in [-0.2, -0.15) is 13.2 Å². The quantitative estimate of drug-likeness (QED) is 0.0909. The van der Waals surface area contributed by atoms with Crippen LogP contribution in [0.1, 0.15) is 71.8 Å². The first-order valence-corrected chi connectivity index (χ1v) is 14.9. The number of allylic oxidation sites excluding steroid dienone is 4. The second kappa shape index (κ2) is 15.9. The van der Waals surface area contributed by atoms with E-state index in [1.165, 1.54) is 36.4 Å². The molecular weight excluding hydrogens is 589 g/mol. The molecule has 1 fully saturated rings. The maximum atomic E-state index is 14.6. The molecule has 1 aromatic rings. The molecule has 7 nitrogen and oxygen atoms in total. The highest BCUT2D eigenvalue weighted by atomic mass is 19.4. The highest BCUT2D eigenvalue weighted by Gasteiger charge is 2.64. The van der Waals surface area contributed by atoms with E-state index in [1.807, 2.05) is 32.9 Å². The molecule has 0 radical (unpaired) electrons. The number of methoxy groups -OCH3 is 1. The number of cyclic esters (lactones) is 2. The molecule has 0 aliphatic carbocycles. The van der Waals surface area contributed by atoms with Gasteiger partial charge in [-0.15, -0.1) is 0 Å². The van der Waals surface area contributed by atoms with E-state index < -0.39 is 41.5 Å². The fourth-order valence-electron chi connectivity index (χ4n) is 5.18. The van der Waals surface area contributed by atoms with Crippen molar-refractivity contribution in [2.24, 2.45) is 0 Å². The summed E-state index contributed by atoms with van der Waals surface area (Å²) in [4.78, 5) is 37.2. The van der Waals surface area contributed by atoms with Gasteiger partial charge < -0.3 is 18.9 Å². The molecule has 1 unspecified atom stereocenters. The monoisotopic (exact) mass is 630 g/mol. The van der Waals surface area contributed by atoms with E-state index in [-0.39, 0.29) is 12.4 Å². The van der Waals surface area contributed by atoms with E-state index in [4.69, 9.17) is 18.9 Å². The molecule has 3 atom stereocenters. The first-order valence-electron chi connectivity index (χ1n) is 14.9. The lowest BCUT2D eigenvalue weighted by molar-refractivity contribution is -0.277. The summed E-state index contributed by atoms with van der Waals surface area (Å²) in [6.07, 6.45) is 5.08. The van der Waals surface area contributed by atoms with Gasteiger partial charge in [0.1, 0.15) is 18.8 Å². The summed E-state index contributed by atoms with van der Waals surface area (Å²) in [7, 11) is 0.822. The van der Waals surface area contributed by atoms with Gasteiger partial charge in [0.2, 0.25) is 0 Å². The molecule has 244 valence electrons. The number of halogens is 3. The zero-order chi connectivity index (χ0) is 33.2. The van der Waals surface area contributed by atoms with Crippen LogP contribution in [0.25, 0.3) is 0 Å². The van der Waals surface area contributed by atoms with Gasteiger partial charge in [0.05, 0.1) is 0 Å². The third kappa shape index (κ3) is 9.53. The molecule has 0 aromatic heterocycles. The molecule has 2 aliphatic rings. The Labute approximate surface area is 262 Å². The van der Waals surface area contributed by atoms with Crippen molar-refractivity contribution in [2.75, 3.05) is 13.7 Å². The number of carbonyl (C=O) groups excluding carboxylic acids is 3. The van der Waals surface area contributed by atoms with Crippen molar-refractivity contribution in [3.05, 3.63) is 94.1 Å². The number of benzene rings is 1. The second-order valence-corrected chi connectivity index (χ2v) is 11.5. The Bertz CT molecular complexity index is 1380. The molecule has 0 N–H and O–H groups in total. The minimum Gasteiger partial charge on any atom is -0.458 e. The molecule has 1 aromatic carbocycles. The predicted molar refractivity (Wildman–Crippen MR) is 163 cm³/mol. The van der Waals surface area contributed by atoms with Gasteiger partial charge in [-0.25, -0.2) is 14.4 Å². The van der Waals surface area contributed by atoms with E-state index in [0.717, 1.165) is 30.2 Å². The number of hydrogen-bond acceptors (Lipinski definition) is 7. The van der Waals surface area contributed by atoms with Crippen molar-refractivity contribution in [3.63, 3.8) is 0 Å². The lowest BCUT2D eigenvalue weighted by atomic mass is 9.92. The smallest absolute Gasteiger partial charge is 0.432 e. The predicted octanol–water partition coefficient (Wildman–Crippen LogP) is 7.54. The molecule has 0 bridgehead atoms. The summed E-state index contributed by atoms with van der Waals surface area (Å²) in [5.41, 5.74) is 0.173. The molecule has 45 heavy (non-hydrogen) atoms. The van der Waals surface area contributed by atoms with Gasteiger partial charge in [-0.3, -0.25) is 0 Å². The zero-order valence-corrected chi connectivity index (χ0v) is 26.4. The Hall–Kier alpha value is -3.92. The minimum absolute atomic E-state index is 0.0305. The van der Waals surface area contributed by atoms with Crippen molar-refractivity contribution >= 4 is 17.9 Å². The largest absolute Gasteiger partial charge is 0.458 e. The van der Waals surface area contributed by atoms with Gasteiger partial charge >= 0.3 is 24.1 Å². The van der Waals surface area contributed by atoms with E-state index in [0.29, 0.717) is 43.4 Å². The lowest BCUT2D eigenvalue weighted by Crippen LogP contribution is -2.52. The van der Waals surface area contributed by atoms with Crippen LogP contribution in [0.3, 0.4) is 0 Å². The summed E-state index contributed by atoms with van der Waals surface area (Å²) in [5.74, 6) is -2.44. The van der Waals surface area contributed by atoms with E-state index in [1.54, 1.807) is 13.0 Å². The summed E-state index contributed by atoms with van der Waals surface area (Å²) >= 11 is 0. The average Bonchev–Trinajstić information content (AvgIpc) is 3.54. The molecule has 10 heteroatoms. The van der Waals surface area contributed by atoms with Crippen molar-refractivity contribution in [3.8, 4) is 0 Å². The molecule has 1 saturated heterocycles. The van der Waals surface area contributed by atoms with E-state index in [2.05, 4.69) is 6.08 Å². The van der Waals surface area contributed by atoms with Crippen LogP contribution in [0.5, 0.6) is 0 Å². The topological polar surface area (TPSA) is 88.1 Å². The fraction of sp³-hybridized carbons (Fsp3) is 0.457. The van der Waals surface area contributed by atoms with Crippen LogP contribution in [-0.2, 0) is 38.9 Å². The van der Waals surface area contributed by atoms with Gasteiger partial charge in [-0.1, -0.05) is 59.7 Å². The van der Waals surface area contributed by atoms with Crippen molar-refractivity contribution in [2.45, 2.75) is 90.2 Å². The van der Waals surface area contributed by atoms with Crippen molar-refractivity contribution < 1.29 is 46.5 Å². The Morgan fingerprint density at radius 2 is 1.78 bits per heavy atom. The van der Waals surface area contributed by atoms with Crippen molar-refractivity contribution in [1.29, 1.82) is 0 Å². The number of carbonyl (C=O) groups is 3. The molecular formula is C35H41F3O7. The van der Waals surface area contributed by atoms with Gasteiger partial charge in [0.25, 0.3) is 5.60 Å². The zero-order valence-electron chi connectivity index (χ0n) is 26.4. The molecule has 0 amide bonds. The maximum Gasteiger partial charge on any atom is 0.432 e. The highest BCUT2D eigenvalue weighted by molar-refractivity contribution is 5.91. The van der Waals surface area contributed by atoms with Crippen molar-refractivity contribution in [1.82, 2.24) is 0 Å². The van der Waals surface area contributed by atoms with Crippen LogP contribution >= 0.6 is 0 Å². The van der Waals surface area contributed by atoms with Gasteiger partial charge in [0.15, 0.2) is 0 Å². The van der Waals surface area contributed by atoms with Crippen LogP contribution in [0.4, 0.5) is 13.2 Å². The third-order valence-corrected chi connectivity index (χ3v) is 7.65. The maximum absolute atomic E-state index is 14.6. The van der Waals surface area contributed by atoms with Crippen LogP contribution in [0, 0.1) is 0 Å². The van der Waals surface area contributed by atoms with Gasteiger partial charge in [-0.05, 0) is 70.6 Å². The SMILES string of the molecule is CO[C@](C(=O)O[C@H](C/C=C1/CC(C=C(C)C)OC1=O)/C(C)=C/CC/C(C)=C/CCC1=CC(=O)OC1)(c1ccccc1)C(F)(F)F. The van der Waals surface area contributed by atoms with Crippen LogP contribution in [-0.4, -0.2) is 50.0 Å². The van der Waals surface area contributed by atoms with Crippen LogP contribution in [0.2, 0.25) is 0 Å². The van der Waals surface area contributed by atoms with Crippen LogP contribution < -0.4 is 0 Å². The summed E-state index contributed by atoms with van der Waals surface area (Å²) in [5, 5.41) is 0. The molecule has 0 saturated carbocycles. The minimum atomic E-state index is -5.12. The number of rotatable bonds is 14. The van der Waals surface area contributed by atoms with E-state index >= 15 is 0 Å². The first kappa shape index (κ1) is 35.6. The number of alkyl halides is 3. The lowest BCUT2D eigenvalue weighted by Gasteiger charge is -2.34. The number of ether oxygens (including phenoxy) is 4. The second-order valence-electron chi connectivity index (χ2n) is 11.5. The molecule has 0 spiro atoms. The summed E-state index contributed by atoms with van der Waals surface area (Å²) < 4.78 is 64.5. The highest BCUT2D eigenvalue weighted by Crippen LogP contribution is 2.43. The number of hydrogen-bond donors (Lipinski definition) is 0. The Morgan fingerprint density at radius 3 is 2.38 bits per heavy atom. The summed E-state index contributed by atoms with van der Waals surface area (Å²) in [6.45, 7) is 7.75. The Morgan fingerprint density at radius 1 is 1.07 bits per heavy atom. The molecule has 2 heterocycles. The average molecular weight is 631 g/mol. The number of esters is 3. The molecule has 3 rings (SSSR count). The Balaban J connectivity index is 1.81. The first-order chi connectivity index (χ1) is 21.3.